The fraction of sp³-hybridized carbons (Fsp3) is 0.273. The summed E-state index contributed by atoms with van der Waals surface area (Å²) >= 11 is 0. The number of rotatable bonds is 3. The Labute approximate surface area is 88.4 Å². The third-order valence-electron chi connectivity index (χ3n) is 2.11. The number of aromatic nitrogens is 2. The normalized spacial score (nSPS) is 10.3. The molecule has 2 aromatic rings. The number of nitrogens with one attached hydrogen (secondary N) is 1. The maximum atomic E-state index is 5.43. The molecule has 0 fully saturated rings. The lowest BCUT2D eigenvalue weighted by Gasteiger charge is -2.04. The van der Waals surface area contributed by atoms with Gasteiger partial charge in [-0.3, -0.25) is 4.98 Å². The van der Waals surface area contributed by atoms with Crippen molar-refractivity contribution in [1.82, 2.24) is 9.97 Å². The highest BCUT2D eigenvalue weighted by atomic mass is 16.3. The lowest BCUT2D eigenvalue weighted by atomic mass is 10.4. The van der Waals surface area contributed by atoms with Gasteiger partial charge in [-0.1, -0.05) is 0 Å². The van der Waals surface area contributed by atoms with Crippen LogP contribution in [0.15, 0.2) is 28.9 Å². The molecule has 2 aromatic heterocycles. The first kappa shape index (κ1) is 9.71. The van der Waals surface area contributed by atoms with Gasteiger partial charge < -0.3 is 9.73 Å². The van der Waals surface area contributed by atoms with Gasteiger partial charge in [-0.05, 0) is 26.0 Å². The Morgan fingerprint density at radius 2 is 2.00 bits per heavy atom. The molecule has 4 heteroatoms. The Balaban J connectivity index is 2.02. The minimum absolute atomic E-state index is 0.632. The van der Waals surface area contributed by atoms with E-state index in [2.05, 4.69) is 15.3 Å². The van der Waals surface area contributed by atoms with Crippen LogP contribution in [0.1, 0.15) is 17.2 Å². The second kappa shape index (κ2) is 4.13. The van der Waals surface area contributed by atoms with E-state index in [-0.39, 0.29) is 0 Å². The van der Waals surface area contributed by atoms with Crippen LogP contribution in [0.2, 0.25) is 0 Å². The molecule has 2 heterocycles. The van der Waals surface area contributed by atoms with E-state index < -0.39 is 0 Å². The summed E-state index contributed by atoms with van der Waals surface area (Å²) in [5.41, 5.74) is 0.890. The molecule has 0 radical (unpaired) electrons. The molecule has 78 valence electrons. The monoisotopic (exact) mass is 203 g/mol. The summed E-state index contributed by atoms with van der Waals surface area (Å²) in [7, 11) is 0. The first-order valence-corrected chi connectivity index (χ1v) is 4.82. The third kappa shape index (κ3) is 2.34. The van der Waals surface area contributed by atoms with E-state index in [0.717, 1.165) is 23.0 Å². The summed E-state index contributed by atoms with van der Waals surface area (Å²) in [6, 6.07) is 3.90. The zero-order valence-electron chi connectivity index (χ0n) is 8.82. The highest BCUT2D eigenvalue weighted by molar-refractivity contribution is 5.38. The molecule has 0 bridgehead atoms. The first-order chi connectivity index (χ1) is 7.25. The Morgan fingerprint density at radius 3 is 2.67 bits per heavy atom. The van der Waals surface area contributed by atoms with Crippen LogP contribution in [0.4, 0.5) is 5.82 Å². The van der Waals surface area contributed by atoms with Crippen LogP contribution in [-0.4, -0.2) is 9.97 Å². The number of furan rings is 1. The molecule has 0 aliphatic rings. The minimum Gasteiger partial charge on any atom is -0.465 e. The van der Waals surface area contributed by atoms with Crippen LogP contribution in [0, 0.1) is 13.8 Å². The van der Waals surface area contributed by atoms with Gasteiger partial charge in [0, 0.05) is 12.4 Å². The van der Waals surface area contributed by atoms with E-state index in [1.807, 2.05) is 26.0 Å². The Morgan fingerprint density at radius 1 is 1.20 bits per heavy atom. The summed E-state index contributed by atoms with van der Waals surface area (Å²) in [4.78, 5) is 8.33. The Kier molecular flexibility index (Phi) is 2.67. The predicted octanol–water partition coefficient (Wildman–Crippen LogP) is 2.30. The summed E-state index contributed by atoms with van der Waals surface area (Å²) < 4.78 is 5.43. The number of hydrogen-bond donors (Lipinski definition) is 1. The smallest absolute Gasteiger partial charge is 0.147 e. The zero-order chi connectivity index (χ0) is 10.7. The molecular formula is C11H13N3O. The van der Waals surface area contributed by atoms with Crippen molar-refractivity contribution in [2.45, 2.75) is 20.4 Å². The van der Waals surface area contributed by atoms with Crippen LogP contribution in [0.5, 0.6) is 0 Å². The molecule has 4 nitrogen and oxygen atoms in total. The van der Waals surface area contributed by atoms with Gasteiger partial charge in [-0.15, -0.1) is 0 Å². The standard InChI is InChI=1S/C11H13N3O/c1-8-3-4-10(15-8)7-14-11-9(2)12-5-6-13-11/h3-6H,7H2,1-2H3,(H,13,14). The number of nitrogens with zero attached hydrogens (tertiary/aromatic N) is 2. The van der Waals surface area contributed by atoms with Crippen LogP contribution in [0.3, 0.4) is 0 Å². The highest BCUT2D eigenvalue weighted by Gasteiger charge is 2.01. The molecular weight excluding hydrogens is 190 g/mol. The fourth-order valence-electron chi connectivity index (χ4n) is 1.33. The van der Waals surface area contributed by atoms with E-state index >= 15 is 0 Å². The Hall–Kier alpha value is -1.84. The summed E-state index contributed by atoms with van der Waals surface area (Å²) in [6.07, 6.45) is 3.35. The van der Waals surface area contributed by atoms with Crippen molar-refractivity contribution in [2.75, 3.05) is 5.32 Å². The van der Waals surface area contributed by atoms with Crippen molar-refractivity contribution < 1.29 is 4.42 Å². The average molecular weight is 203 g/mol. The number of aryl methyl sites for hydroxylation is 2. The molecule has 0 aromatic carbocycles. The molecule has 1 N–H and O–H groups in total. The zero-order valence-corrected chi connectivity index (χ0v) is 8.82. The predicted molar refractivity (Wildman–Crippen MR) is 57.5 cm³/mol. The fourth-order valence-corrected chi connectivity index (χ4v) is 1.33. The molecule has 2 rings (SSSR count). The second-order valence-corrected chi connectivity index (χ2v) is 3.36. The topological polar surface area (TPSA) is 51.0 Å². The number of anilines is 1. The molecule has 0 saturated carbocycles. The third-order valence-corrected chi connectivity index (χ3v) is 2.11. The van der Waals surface area contributed by atoms with Crippen molar-refractivity contribution in [1.29, 1.82) is 0 Å². The Bertz CT molecular complexity index is 451. The van der Waals surface area contributed by atoms with Gasteiger partial charge in [0.15, 0.2) is 0 Å². The van der Waals surface area contributed by atoms with E-state index in [0.29, 0.717) is 6.54 Å². The minimum atomic E-state index is 0.632. The maximum absolute atomic E-state index is 5.43. The van der Waals surface area contributed by atoms with Gasteiger partial charge in [-0.2, -0.15) is 0 Å². The van der Waals surface area contributed by atoms with E-state index in [4.69, 9.17) is 4.42 Å². The summed E-state index contributed by atoms with van der Waals surface area (Å²) in [5, 5.41) is 3.18. The van der Waals surface area contributed by atoms with Crippen LogP contribution < -0.4 is 5.32 Å². The van der Waals surface area contributed by atoms with Crippen molar-refractivity contribution >= 4 is 5.82 Å². The highest BCUT2D eigenvalue weighted by Crippen LogP contribution is 2.10. The van der Waals surface area contributed by atoms with Crippen molar-refractivity contribution in [3.05, 3.63) is 41.7 Å². The molecule has 0 aliphatic heterocycles. The molecule has 0 amide bonds. The average Bonchev–Trinajstić information content (AvgIpc) is 2.63. The van der Waals surface area contributed by atoms with Crippen LogP contribution in [-0.2, 0) is 6.54 Å². The van der Waals surface area contributed by atoms with Crippen molar-refractivity contribution in [2.24, 2.45) is 0 Å². The molecule has 0 atom stereocenters. The van der Waals surface area contributed by atoms with Gasteiger partial charge >= 0.3 is 0 Å². The van der Waals surface area contributed by atoms with Crippen molar-refractivity contribution in [3.63, 3.8) is 0 Å². The maximum Gasteiger partial charge on any atom is 0.147 e. The lowest BCUT2D eigenvalue weighted by Crippen LogP contribution is -2.03. The van der Waals surface area contributed by atoms with Crippen molar-refractivity contribution in [3.8, 4) is 0 Å². The molecule has 0 unspecified atom stereocenters. The van der Waals surface area contributed by atoms with E-state index in [1.165, 1.54) is 0 Å². The summed E-state index contributed by atoms with van der Waals surface area (Å²) in [6.45, 7) is 4.48. The van der Waals surface area contributed by atoms with Gasteiger partial charge in [0.2, 0.25) is 0 Å². The number of hydrogen-bond acceptors (Lipinski definition) is 4. The molecule has 0 spiro atoms. The summed E-state index contributed by atoms with van der Waals surface area (Å²) in [5.74, 6) is 2.62. The molecule has 0 saturated heterocycles. The van der Waals surface area contributed by atoms with E-state index in [1.54, 1.807) is 12.4 Å². The second-order valence-electron chi connectivity index (χ2n) is 3.36. The SMILES string of the molecule is Cc1ccc(CNc2nccnc2C)o1. The first-order valence-electron chi connectivity index (χ1n) is 4.82. The van der Waals surface area contributed by atoms with Gasteiger partial charge in [0.25, 0.3) is 0 Å². The molecule has 0 aliphatic carbocycles. The van der Waals surface area contributed by atoms with Crippen LogP contribution >= 0.6 is 0 Å². The van der Waals surface area contributed by atoms with Gasteiger partial charge in [0.1, 0.15) is 17.3 Å². The van der Waals surface area contributed by atoms with Gasteiger partial charge in [0.05, 0.1) is 12.2 Å². The largest absolute Gasteiger partial charge is 0.465 e. The lowest BCUT2D eigenvalue weighted by molar-refractivity contribution is 0.490. The van der Waals surface area contributed by atoms with Gasteiger partial charge in [-0.25, -0.2) is 4.98 Å². The van der Waals surface area contributed by atoms with Crippen LogP contribution in [0.25, 0.3) is 0 Å². The quantitative estimate of drug-likeness (QED) is 0.831. The van der Waals surface area contributed by atoms with E-state index in [9.17, 15) is 0 Å². The molecule has 15 heavy (non-hydrogen) atoms.